The van der Waals surface area contributed by atoms with E-state index in [2.05, 4.69) is 121 Å². The van der Waals surface area contributed by atoms with Crippen molar-refractivity contribution in [2.24, 2.45) is 7.05 Å². The third-order valence-electron chi connectivity index (χ3n) is 6.88. The first-order chi connectivity index (χ1) is 23.8. The molecule has 0 saturated carbocycles. The minimum Gasteiger partial charge on any atom is -0.344 e. The van der Waals surface area contributed by atoms with Crippen LogP contribution in [0.25, 0.3) is 54.1 Å². The van der Waals surface area contributed by atoms with Crippen LogP contribution in [0.5, 0.6) is 0 Å². The van der Waals surface area contributed by atoms with Crippen LogP contribution in [0.1, 0.15) is 83.1 Å². The predicted octanol–water partition coefficient (Wildman–Crippen LogP) is 15.8. The molecule has 7 aromatic carbocycles. The maximum Gasteiger partial charge on any atom is 0.0488 e. The van der Waals surface area contributed by atoms with E-state index in [1.165, 1.54) is 54.1 Å². The number of rotatable bonds is 0. The van der Waals surface area contributed by atoms with Gasteiger partial charge in [-0.3, -0.25) is 0 Å². The first-order valence-corrected chi connectivity index (χ1v) is 18.4. The predicted molar refractivity (Wildman–Crippen MR) is 225 cm³/mol. The molecular weight excluding hydrogens is 579 g/mol. The third kappa shape index (κ3) is 11.3. The van der Waals surface area contributed by atoms with Crippen molar-refractivity contribution in [2.45, 2.75) is 83.1 Å². The molecule has 0 aliphatic carbocycles. The summed E-state index contributed by atoms with van der Waals surface area (Å²) in [6.07, 6.45) is 0. The Hall–Kier alpha value is -4.62. The molecule has 1 nitrogen and oxygen atoms in total. The molecule has 0 spiro atoms. The molecule has 0 bridgehead atoms. The van der Waals surface area contributed by atoms with Crippen molar-refractivity contribution in [3.05, 3.63) is 146 Å². The molecule has 0 atom stereocenters. The molecule has 0 saturated heterocycles. The zero-order chi connectivity index (χ0) is 36.3. The van der Waals surface area contributed by atoms with Crippen molar-refractivity contribution < 1.29 is 0 Å². The summed E-state index contributed by atoms with van der Waals surface area (Å²) in [7, 11) is 2.12. The van der Waals surface area contributed by atoms with Crippen LogP contribution < -0.4 is 0 Å². The molecule has 1 heteroatoms. The van der Waals surface area contributed by atoms with E-state index in [0.29, 0.717) is 0 Å². The lowest BCUT2D eigenvalue weighted by molar-refractivity contribution is 1.01. The number of hydrogen-bond acceptors (Lipinski definition) is 0. The summed E-state index contributed by atoms with van der Waals surface area (Å²) in [5.74, 6) is 0. The molecule has 0 unspecified atom stereocenters. The van der Waals surface area contributed by atoms with E-state index in [1.807, 2.05) is 119 Å². The van der Waals surface area contributed by atoms with Gasteiger partial charge < -0.3 is 4.57 Å². The fourth-order valence-electron chi connectivity index (χ4n) is 5.17. The Kier molecular flexibility index (Phi) is 23.9. The second-order valence-electron chi connectivity index (χ2n) is 9.04. The summed E-state index contributed by atoms with van der Waals surface area (Å²) < 4.78 is 2.24. The van der Waals surface area contributed by atoms with Gasteiger partial charge in [0.05, 0.1) is 0 Å². The maximum absolute atomic E-state index is 2.24. The van der Waals surface area contributed by atoms with Crippen LogP contribution in [0.3, 0.4) is 0 Å². The van der Waals surface area contributed by atoms with Crippen LogP contribution in [-0.2, 0) is 7.05 Å². The molecule has 0 fully saturated rings. The van der Waals surface area contributed by atoms with Crippen LogP contribution in [0.4, 0.5) is 0 Å². The summed E-state index contributed by atoms with van der Waals surface area (Å²) in [4.78, 5) is 0. The largest absolute Gasteiger partial charge is 0.344 e. The summed E-state index contributed by atoms with van der Waals surface area (Å²) >= 11 is 0. The number of benzene rings is 7. The van der Waals surface area contributed by atoms with Gasteiger partial charge in [-0.1, -0.05) is 217 Å². The Morgan fingerprint density at radius 2 is 0.521 bits per heavy atom. The molecule has 0 radical (unpaired) electrons. The molecule has 48 heavy (non-hydrogen) atoms. The summed E-state index contributed by atoms with van der Waals surface area (Å²) in [6.45, 7) is 24.0. The van der Waals surface area contributed by atoms with Crippen LogP contribution in [-0.4, -0.2) is 4.57 Å². The second-order valence-corrected chi connectivity index (χ2v) is 9.04. The number of aromatic nitrogens is 1. The molecule has 8 aromatic rings. The number of fused-ring (bicyclic) bond motifs is 3. The molecule has 1 aromatic heterocycles. The van der Waals surface area contributed by atoms with Crippen molar-refractivity contribution in [3.8, 4) is 0 Å². The van der Waals surface area contributed by atoms with E-state index in [1.54, 1.807) is 0 Å². The van der Waals surface area contributed by atoms with Crippen LogP contribution in [0, 0.1) is 0 Å². The fraction of sp³-hybridized carbons (Fsp3) is 0.277. The van der Waals surface area contributed by atoms with E-state index in [4.69, 9.17) is 0 Å². The van der Waals surface area contributed by atoms with E-state index in [9.17, 15) is 0 Å². The minimum absolute atomic E-state index is 1.30. The van der Waals surface area contributed by atoms with Crippen molar-refractivity contribution in [1.29, 1.82) is 0 Å². The first kappa shape index (κ1) is 43.4. The minimum atomic E-state index is 1.30. The summed E-state index contributed by atoms with van der Waals surface area (Å²) in [5.41, 5.74) is 2.60. The highest BCUT2D eigenvalue weighted by molar-refractivity contribution is 6.22. The van der Waals surface area contributed by atoms with Gasteiger partial charge in [0.15, 0.2) is 0 Å². The van der Waals surface area contributed by atoms with Crippen molar-refractivity contribution >= 4 is 54.1 Å². The molecule has 8 rings (SSSR count). The zero-order valence-corrected chi connectivity index (χ0v) is 32.3. The highest BCUT2D eigenvalue weighted by atomic mass is 14.9. The Morgan fingerprint density at radius 3 is 0.792 bits per heavy atom. The topological polar surface area (TPSA) is 4.93 Å². The normalized spacial score (nSPS) is 8.94. The molecule has 256 valence electrons. The quantitative estimate of drug-likeness (QED) is 0.145. The Labute approximate surface area is 293 Å². The maximum atomic E-state index is 2.24. The molecule has 0 aliphatic heterocycles. The third-order valence-corrected chi connectivity index (χ3v) is 6.88. The lowest BCUT2D eigenvalue weighted by Gasteiger charge is -2.09. The van der Waals surface area contributed by atoms with Crippen molar-refractivity contribution in [1.82, 2.24) is 4.57 Å². The van der Waals surface area contributed by atoms with Crippen LogP contribution in [0.15, 0.2) is 146 Å². The van der Waals surface area contributed by atoms with E-state index in [-0.39, 0.29) is 0 Å². The standard InChI is InChI=1S/C16H10.C13H11N.C6H6.6C2H6/c1-3-11-7-9-13-5-2-6-14-10-8-12(4-1)15(11)16(13)14;1-14-12-8-4-2-6-10(12)11-7-3-5-9-13(11)14;1-2-4-6-5-3-1;6*1-2/h1-10H;2-9H,1H3;1-6H;6*1-2H3. The smallest absolute Gasteiger partial charge is 0.0488 e. The highest BCUT2D eigenvalue weighted by Crippen LogP contribution is 2.34. The SMILES string of the molecule is CC.CC.CC.CC.CC.CC.Cn1c2ccccc2c2ccccc21.c1cc2ccc3cccc4ccc(c1)c2c34.c1ccccc1. The van der Waals surface area contributed by atoms with E-state index < -0.39 is 0 Å². The van der Waals surface area contributed by atoms with Crippen molar-refractivity contribution in [3.63, 3.8) is 0 Å². The van der Waals surface area contributed by atoms with Crippen LogP contribution in [0.2, 0.25) is 0 Å². The average Bonchev–Trinajstić information content (AvgIpc) is 3.51. The molecule has 1 heterocycles. The highest BCUT2D eigenvalue weighted by Gasteiger charge is 2.06. The summed E-state index contributed by atoms with van der Waals surface area (Å²) in [6, 6.07) is 50.9. The second kappa shape index (κ2) is 26.4. The van der Waals surface area contributed by atoms with E-state index >= 15 is 0 Å². The van der Waals surface area contributed by atoms with Crippen LogP contribution >= 0.6 is 0 Å². The number of hydrogen-bond donors (Lipinski definition) is 0. The van der Waals surface area contributed by atoms with Crippen molar-refractivity contribution in [2.75, 3.05) is 0 Å². The van der Waals surface area contributed by atoms with Gasteiger partial charge in [0, 0.05) is 28.9 Å². The molecule has 0 aliphatic rings. The average molecular weight is 642 g/mol. The van der Waals surface area contributed by atoms with E-state index in [0.717, 1.165) is 0 Å². The Bertz CT molecular complexity index is 1680. The molecular formula is C47H63N. The van der Waals surface area contributed by atoms with Gasteiger partial charge in [-0.15, -0.1) is 0 Å². The number of aryl methyl sites for hydroxylation is 1. The first-order valence-electron chi connectivity index (χ1n) is 18.4. The summed E-state index contributed by atoms with van der Waals surface area (Å²) in [5, 5.41) is 10.8. The zero-order valence-electron chi connectivity index (χ0n) is 32.3. The lowest BCUT2D eigenvalue weighted by Crippen LogP contribution is -1.84. The van der Waals surface area contributed by atoms with Gasteiger partial charge in [0.2, 0.25) is 0 Å². The van der Waals surface area contributed by atoms with Gasteiger partial charge in [-0.2, -0.15) is 0 Å². The fourth-order valence-corrected chi connectivity index (χ4v) is 5.17. The Balaban J connectivity index is 0.000000629. The monoisotopic (exact) mass is 641 g/mol. The Morgan fingerprint density at radius 1 is 0.271 bits per heavy atom. The van der Waals surface area contributed by atoms with Gasteiger partial charge in [-0.25, -0.2) is 0 Å². The van der Waals surface area contributed by atoms with Gasteiger partial charge >= 0.3 is 0 Å². The van der Waals surface area contributed by atoms with Gasteiger partial charge in [-0.05, 0) is 44.5 Å². The molecule has 0 N–H and O–H groups in total. The lowest BCUT2D eigenvalue weighted by atomic mass is 9.95. The molecule has 0 amide bonds. The number of para-hydroxylation sites is 2. The van der Waals surface area contributed by atoms with Gasteiger partial charge in [0.1, 0.15) is 0 Å². The number of nitrogens with zero attached hydrogens (tertiary/aromatic N) is 1. The van der Waals surface area contributed by atoms with Gasteiger partial charge in [0.25, 0.3) is 0 Å².